The molecular formula is C26H21N3O5S2. The van der Waals surface area contributed by atoms with E-state index in [0.717, 1.165) is 5.56 Å². The number of aliphatic hydroxyl groups excluding tert-OH is 1. The number of furan rings is 1. The third-order valence-corrected chi connectivity index (χ3v) is 7.64. The van der Waals surface area contributed by atoms with Crippen molar-refractivity contribution in [2.75, 3.05) is 11.5 Å². The lowest BCUT2D eigenvalue weighted by atomic mass is 9.95. The van der Waals surface area contributed by atoms with Crippen molar-refractivity contribution in [3.05, 3.63) is 101 Å². The first-order valence-electron chi connectivity index (χ1n) is 11.1. The predicted octanol–water partition coefficient (Wildman–Crippen LogP) is 5.61. The van der Waals surface area contributed by atoms with Crippen molar-refractivity contribution in [1.29, 1.82) is 0 Å². The van der Waals surface area contributed by atoms with E-state index in [1.165, 1.54) is 40.3 Å². The zero-order valence-electron chi connectivity index (χ0n) is 19.2. The van der Waals surface area contributed by atoms with Crippen LogP contribution in [0.4, 0.5) is 5.13 Å². The highest BCUT2D eigenvalue weighted by atomic mass is 32.2. The highest BCUT2D eigenvalue weighted by molar-refractivity contribution is 8.00. The van der Waals surface area contributed by atoms with Gasteiger partial charge in [0, 0.05) is 5.75 Å². The Balaban J connectivity index is 1.49. The molecular weight excluding hydrogens is 498 g/mol. The summed E-state index contributed by atoms with van der Waals surface area (Å²) in [5.41, 5.74) is 1.67. The van der Waals surface area contributed by atoms with Gasteiger partial charge < -0.3 is 14.3 Å². The van der Waals surface area contributed by atoms with E-state index in [9.17, 15) is 14.7 Å². The highest BCUT2D eigenvalue weighted by Gasteiger charge is 2.46. The largest absolute Gasteiger partial charge is 0.503 e. The number of nitrogens with zero attached hydrogens (tertiary/aromatic N) is 3. The van der Waals surface area contributed by atoms with Gasteiger partial charge in [-0.05, 0) is 42.3 Å². The summed E-state index contributed by atoms with van der Waals surface area (Å²) in [5, 5.41) is 19.6. The second-order valence-corrected chi connectivity index (χ2v) is 9.95. The molecule has 1 atom stereocenters. The lowest BCUT2D eigenvalue weighted by Gasteiger charge is -2.24. The number of ether oxygens (including phenoxy) is 1. The van der Waals surface area contributed by atoms with E-state index in [4.69, 9.17) is 9.15 Å². The van der Waals surface area contributed by atoms with E-state index in [2.05, 4.69) is 10.2 Å². The van der Waals surface area contributed by atoms with Crippen LogP contribution in [0.3, 0.4) is 0 Å². The number of rotatable bonds is 9. The fraction of sp³-hybridized carbons (Fsp3) is 0.154. The molecule has 1 aliphatic rings. The van der Waals surface area contributed by atoms with Gasteiger partial charge in [-0.2, -0.15) is 0 Å². The van der Waals surface area contributed by atoms with Crippen molar-refractivity contribution in [3.8, 4) is 5.75 Å². The maximum Gasteiger partial charge on any atom is 0.296 e. The SMILES string of the molecule is CCOc1ccc(C2C(C(=O)c3ccco3)=C(O)C(=O)N2c2nnc(SCc3ccccc3)s2)cc1. The van der Waals surface area contributed by atoms with Crippen LogP contribution in [0.1, 0.15) is 34.6 Å². The van der Waals surface area contributed by atoms with Crippen LogP contribution in [0, 0.1) is 0 Å². The summed E-state index contributed by atoms with van der Waals surface area (Å²) in [4.78, 5) is 27.9. The molecule has 1 N–H and O–H groups in total. The molecule has 0 fully saturated rings. The first-order valence-corrected chi connectivity index (χ1v) is 12.9. The van der Waals surface area contributed by atoms with Gasteiger partial charge in [0.1, 0.15) is 5.75 Å². The van der Waals surface area contributed by atoms with Gasteiger partial charge in [-0.25, -0.2) is 0 Å². The van der Waals surface area contributed by atoms with Crippen LogP contribution in [0.5, 0.6) is 5.75 Å². The number of carbonyl (C=O) groups is 2. The Kier molecular flexibility index (Phi) is 6.88. The standard InChI is InChI=1S/C26H21N3O5S2/c1-2-33-18-12-10-17(11-13-18)21-20(22(30)19-9-6-14-34-19)23(31)24(32)29(21)25-27-28-26(36-25)35-15-16-7-4-3-5-8-16/h3-14,21,31H,2,15H2,1H3. The van der Waals surface area contributed by atoms with Crippen molar-refractivity contribution >= 4 is 39.9 Å². The van der Waals surface area contributed by atoms with Gasteiger partial charge in [0.15, 0.2) is 15.9 Å². The Bertz CT molecular complexity index is 1400. The summed E-state index contributed by atoms with van der Waals surface area (Å²) < 4.78 is 11.5. The number of thioether (sulfide) groups is 1. The molecule has 1 aliphatic heterocycles. The molecule has 2 aromatic heterocycles. The second-order valence-electron chi connectivity index (χ2n) is 7.77. The fourth-order valence-electron chi connectivity index (χ4n) is 3.88. The second kappa shape index (κ2) is 10.4. The molecule has 4 aromatic rings. The van der Waals surface area contributed by atoms with Crippen LogP contribution in [-0.4, -0.2) is 33.6 Å². The number of Topliss-reactive ketones (excluding diaryl/α,β-unsaturated/α-hetero) is 1. The van der Waals surface area contributed by atoms with E-state index in [-0.39, 0.29) is 16.5 Å². The molecule has 3 heterocycles. The molecule has 1 amide bonds. The quantitative estimate of drug-likeness (QED) is 0.173. The minimum atomic E-state index is -0.911. The Morgan fingerprint density at radius 1 is 1.11 bits per heavy atom. The van der Waals surface area contributed by atoms with Crippen molar-refractivity contribution in [1.82, 2.24) is 10.2 Å². The number of ketones is 1. The third-order valence-electron chi connectivity index (χ3n) is 5.51. The number of carbonyl (C=O) groups excluding carboxylic acids is 2. The average Bonchev–Trinajstić information content (AvgIpc) is 3.65. The summed E-state index contributed by atoms with van der Waals surface area (Å²) in [5.74, 6) is -0.561. The predicted molar refractivity (Wildman–Crippen MR) is 136 cm³/mol. The molecule has 0 bridgehead atoms. The van der Waals surface area contributed by atoms with Crippen molar-refractivity contribution in [2.24, 2.45) is 0 Å². The zero-order valence-corrected chi connectivity index (χ0v) is 20.8. The molecule has 0 aliphatic carbocycles. The zero-order chi connectivity index (χ0) is 25.1. The normalized spacial score (nSPS) is 15.5. The van der Waals surface area contributed by atoms with Crippen LogP contribution in [-0.2, 0) is 10.5 Å². The lowest BCUT2D eigenvalue weighted by Crippen LogP contribution is -2.31. The van der Waals surface area contributed by atoms with Crippen LogP contribution in [0.25, 0.3) is 0 Å². The van der Waals surface area contributed by atoms with Crippen LogP contribution < -0.4 is 9.64 Å². The molecule has 0 saturated heterocycles. The molecule has 2 aromatic carbocycles. The monoisotopic (exact) mass is 519 g/mol. The molecule has 1 unspecified atom stereocenters. The number of hydrogen-bond acceptors (Lipinski definition) is 9. The first-order chi connectivity index (χ1) is 17.6. The van der Waals surface area contributed by atoms with Crippen LogP contribution >= 0.6 is 23.1 Å². The molecule has 0 saturated carbocycles. The van der Waals surface area contributed by atoms with Gasteiger partial charge >= 0.3 is 0 Å². The molecule has 5 rings (SSSR count). The van der Waals surface area contributed by atoms with Crippen LogP contribution in [0.2, 0.25) is 0 Å². The van der Waals surface area contributed by atoms with Gasteiger partial charge in [-0.3, -0.25) is 14.5 Å². The van der Waals surface area contributed by atoms with E-state index in [1.54, 1.807) is 30.3 Å². The van der Waals surface area contributed by atoms with Crippen molar-refractivity contribution in [2.45, 2.75) is 23.1 Å². The topological polar surface area (TPSA) is 106 Å². The number of benzene rings is 2. The van der Waals surface area contributed by atoms with Gasteiger partial charge in [0.25, 0.3) is 5.91 Å². The Hall–Kier alpha value is -3.89. The summed E-state index contributed by atoms with van der Waals surface area (Å²) in [6.45, 7) is 2.39. The van der Waals surface area contributed by atoms with Crippen molar-refractivity contribution < 1.29 is 23.8 Å². The Morgan fingerprint density at radius 3 is 2.58 bits per heavy atom. The van der Waals surface area contributed by atoms with E-state index in [0.29, 0.717) is 28.0 Å². The van der Waals surface area contributed by atoms with Gasteiger partial charge in [0.05, 0.1) is 24.5 Å². The number of amides is 1. The number of anilines is 1. The fourth-order valence-corrected chi connectivity index (χ4v) is 5.70. The highest BCUT2D eigenvalue weighted by Crippen LogP contribution is 2.44. The minimum Gasteiger partial charge on any atom is -0.503 e. The maximum atomic E-state index is 13.3. The summed E-state index contributed by atoms with van der Waals surface area (Å²) in [6.07, 6.45) is 1.37. The average molecular weight is 520 g/mol. The van der Waals surface area contributed by atoms with E-state index >= 15 is 0 Å². The molecule has 0 spiro atoms. The number of aliphatic hydroxyl groups is 1. The minimum absolute atomic E-state index is 0.0264. The van der Waals surface area contributed by atoms with E-state index < -0.39 is 23.5 Å². The maximum absolute atomic E-state index is 13.3. The molecule has 182 valence electrons. The number of aromatic nitrogens is 2. The summed E-state index contributed by atoms with van der Waals surface area (Å²) in [7, 11) is 0. The van der Waals surface area contributed by atoms with Crippen molar-refractivity contribution in [3.63, 3.8) is 0 Å². The first kappa shape index (κ1) is 23.8. The number of hydrogen-bond donors (Lipinski definition) is 1. The summed E-state index contributed by atoms with van der Waals surface area (Å²) in [6, 6.07) is 19.1. The molecule has 10 heteroatoms. The Labute approximate surface area is 215 Å². The molecule has 36 heavy (non-hydrogen) atoms. The Morgan fingerprint density at radius 2 is 1.89 bits per heavy atom. The van der Waals surface area contributed by atoms with Gasteiger partial charge in [-0.1, -0.05) is 65.6 Å². The van der Waals surface area contributed by atoms with E-state index in [1.807, 2.05) is 37.3 Å². The van der Waals surface area contributed by atoms with Gasteiger partial charge in [0.2, 0.25) is 10.9 Å². The van der Waals surface area contributed by atoms with Gasteiger partial charge in [-0.15, -0.1) is 10.2 Å². The molecule has 8 nitrogen and oxygen atoms in total. The third kappa shape index (κ3) is 4.65. The summed E-state index contributed by atoms with van der Waals surface area (Å²) >= 11 is 2.72. The van der Waals surface area contributed by atoms with Crippen LogP contribution in [0.15, 0.2) is 93.1 Å². The smallest absolute Gasteiger partial charge is 0.296 e. The molecule has 0 radical (unpaired) electrons. The lowest BCUT2D eigenvalue weighted by molar-refractivity contribution is -0.117.